The highest BCUT2D eigenvalue weighted by molar-refractivity contribution is 9.09. The molecule has 98 valence electrons. The zero-order valence-electron chi connectivity index (χ0n) is 10.1. The van der Waals surface area contributed by atoms with Crippen LogP contribution in [0.15, 0.2) is 17.5 Å². The molecule has 0 saturated carbocycles. The molecule has 0 aromatic carbocycles. The summed E-state index contributed by atoms with van der Waals surface area (Å²) < 4.78 is 2.42. The van der Waals surface area contributed by atoms with Crippen molar-refractivity contribution in [3.63, 3.8) is 0 Å². The van der Waals surface area contributed by atoms with E-state index in [-0.39, 0.29) is 5.91 Å². The Balaban J connectivity index is 1.73. The predicted molar refractivity (Wildman–Crippen MR) is 84.3 cm³/mol. The van der Waals surface area contributed by atoms with Crippen LogP contribution >= 0.6 is 38.6 Å². The van der Waals surface area contributed by atoms with Crippen LogP contribution < -0.4 is 5.32 Å². The monoisotopic (exact) mass is 345 g/mol. The summed E-state index contributed by atoms with van der Waals surface area (Å²) in [5, 5.41) is 6.13. The third kappa shape index (κ3) is 3.80. The van der Waals surface area contributed by atoms with E-state index in [0.717, 1.165) is 23.2 Å². The molecule has 0 saturated heterocycles. The first-order valence-corrected chi connectivity index (χ1v) is 8.94. The van der Waals surface area contributed by atoms with Gasteiger partial charge in [-0.05, 0) is 30.4 Å². The van der Waals surface area contributed by atoms with Gasteiger partial charge in [-0.25, -0.2) is 0 Å². The molecule has 0 atom stereocenters. The van der Waals surface area contributed by atoms with Crippen molar-refractivity contribution >= 4 is 53.9 Å². The first kappa shape index (κ1) is 14.0. The molecule has 2 rings (SSSR count). The minimum atomic E-state index is 0.0730. The lowest BCUT2D eigenvalue weighted by Crippen LogP contribution is -2.23. The Bertz CT molecular complexity index is 477. The van der Waals surface area contributed by atoms with E-state index in [1.807, 2.05) is 6.07 Å². The zero-order chi connectivity index (χ0) is 12.8. The second-order valence-corrected chi connectivity index (χ2v) is 6.94. The molecule has 0 aliphatic carbocycles. The number of amides is 1. The minimum absolute atomic E-state index is 0.0730. The molecule has 0 radical (unpaired) electrons. The molecule has 0 fully saturated rings. The number of rotatable bonds is 7. The van der Waals surface area contributed by atoms with Gasteiger partial charge in [0.1, 0.15) is 0 Å². The number of alkyl halides is 1. The summed E-state index contributed by atoms with van der Waals surface area (Å²) in [6, 6.07) is 4.06. The maximum atomic E-state index is 11.9. The number of thiophene rings is 2. The fourth-order valence-electron chi connectivity index (χ4n) is 1.74. The summed E-state index contributed by atoms with van der Waals surface area (Å²) in [4.78, 5) is 12.7. The highest BCUT2D eigenvalue weighted by Gasteiger charge is 2.09. The molecule has 2 heterocycles. The molecule has 0 spiro atoms. The lowest BCUT2D eigenvalue weighted by molar-refractivity contribution is 0.0957. The summed E-state index contributed by atoms with van der Waals surface area (Å²) in [5.41, 5.74) is 0. The first-order valence-electron chi connectivity index (χ1n) is 6.12. The van der Waals surface area contributed by atoms with Gasteiger partial charge in [0, 0.05) is 21.3 Å². The second kappa shape index (κ2) is 7.26. The van der Waals surface area contributed by atoms with Crippen LogP contribution in [-0.4, -0.2) is 17.8 Å². The Morgan fingerprint density at radius 1 is 1.22 bits per heavy atom. The Kier molecular flexibility index (Phi) is 5.66. The lowest BCUT2D eigenvalue weighted by atomic mass is 10.2. The Morgan fingerprint density at radius 2 is 2.06 bits per heavy atom. The third-order valence-corrected chi connectivity index (χ3v) is 5.36. The molecular weight excluding hydrogens is 330 g/mol. The highest BCUT2D eigenvalue weighted by atomic mass is 79.9. The van der Waals surface area contributed by atoms with Crippen molar-refractivity contribution in [3.8, 4) is 0 Å². The third-order valence-electron chi connectivity index (χ3n) is 2.71. The van der Waals surface area contributed by atoms with E-state index in [1.165, 1.54) is 28.7 Å². The second-order valence-electron chi connectivity index (χ2n) is 4.12. The highest BCUT2D eigenvalue weighted by Crippen LogP contribution is 2.29. The van der Waals surface area contributed by atoms with Crippen LogP contribution in [0.3, 0.4) is 0 Å². The van der Waals surface area contributed by atoms with Crippen molar-refractivity contribution < 1.29 is 4.79 Å². The van der Waals surface area contributed by atoms with Crippen LogP contribution in [0.4, 0.5) is 0 Å². The molecule has 18 heavy (non-hydrogen) atoms. The summed E-state index contributed by atoms with van der Waals surface area (Å²) in [6.45, 7) is 0.784. The molecule has 2 nitrogen and oxygen atoms in total. The van der Waals surface area contributed by atoms with Gasteiger partial charge in [0.2, 0.25) is 0 Å². The molecule has 5 heteroatoms. The Labute approximate surface area is 124 Å². The molecule has 0 bridgehead atoms. The van der Waals surface area contributed by atoms with Gasteiger partial charge in [-0.2, -0.15) is 0 Å². The quantitative estimate of drug-likeness (QED) is 0.574. The molecular formula is C13H16BrNOS2. The average molecular weight is 346 g/mol. The molecule has 0 aliphatic heterocycles. The fourth-order valence-corrected chi connectivity index (χ4v) is 4.16. The molecule has 0 aliphatic rings. The number of nitrogens with one attached hydrogen (secondary N) is 1. The van der Waals surface area contributed by atoms with Crippen LogP contribution in [-0.2, 0) is 0 Å². The predicted octanol–water partition coefficient (Wildman–Crippen LogP) is 4.65. The number of fused-ring (bicyclic) bond motifs is 1. The maximum absolute atomic E-state index is 11.9. The molecule has 1 N–H and O–H groups in total. The van der Waals surface area contributed by atoms with Crippen molar-refractivity contribution in [1.82, 2.24) is 5.32 Å². The number of hydrogen-bond donors (Lipinski definition) is 1. The fraction of sp³-hybridized carbons (Fsp3) is 0.462. The molecule has 0 unspecified atom stereocenters. The van der Waals surface area contributed by atoms with E-state index in [2.05, 4.69) is 32.7 Å². The Hall–Kier alpha value is -0.390. The largest absolute Gasteiger partial charge is 0.351 e. The summed E-state index contributed by atoms with van der Waals surface area (Å²) in [5.74, 6) is 0.0730. The van der Waals surface area contributed by atoms with Crippen LogP contribution in [0.5, 0.6) is 0 Å². The number of halogens is 1. The van der Waals surface area contributed by atoms with Crippen LogP contribution in [0.1, 0.15) is 35.4 Å². The van der Waals surface area contributed by atoms with Gasteiger partial charge in [0.25, 0.3) is 5.91 Å². The van der Waals surface area contributed by atoms with Crippen LogP contribution in [0.25, 0.3) is 9.40 Å². The number of hydrogen-bond acceptors (Lipinski definition) is 3. The lowest BCUT2D eigenvalue weighted by Gasteiger charge is -2.02. The molecule has 1 amide bonds. The standard InChI is InChI=1S/C13H16BrNOS2/c14-6-3-1-2-4-7-15-13(16)12-9-11-10(18-12)5-8-17-11/h5,8-9H,1-4,6-7H2,(H,15,16). The first-order chi connectivity index (χ1) is 8.81. The average Bonchev–Trinajstić information content (AvgIpc) is 2.93. The van der Waals surface area contributed by atoms with Gasteiger partial charge >= 0.3 is 0 Å². The number of unbranched alkanes of at least 4 members (excludes halogenated alkanes) is 3. The zero-order valence-corrected chi connectivity index (χ0v) is 13.3. The van der Waals surface area contributed by atoms with E-state index in [0.29, 0.717) is 0 Å². The van der Waals surface area contributed by atoms with E-state index in [4.69, 9.17) is 0 Å². The van der Waals surface area contributed by atoms with Gasteiger partial charge in [-0.15, -0.1) is 22.7 Å². The van der Waals surface area contributed by atoms with Crippen molar-refractivity contribution in [2.45, 2.75) is 25.7 Å². The van der Waals surface area contributed by atoms with Gasteiger partial charge in [-0.1, -0.05) is 28.8 Å². The normalized spacial score (nSPS) is 10.9. The van der Waals surface area contributed by atoms with Crippen LogP contribution in [0.2, 0.25) is 0 Å². The van der Waals surface area contributed by atoms with Crippen molar-refractivity contribution in [3.05, 3.63) is 22.4 Å². The van der Waals surface area contributed by atoms with Crippen LogP contribution in [0, 0.1) is 0 Å². The van der Waals surface area contributed by atoms with Crippen molar-refractivity contribution in [1.29, 1.82) is 0 Å². The van der Waals surface area contributed by atoms with E-state index >= 15 is 0 Å². The summed E-state index contributed by atoms with van der Waals surface area (Å²) in [7, 11) is 0. The van der Waals surface area contributed by atoms with E-state index in [1.54, 1.807) is 22.7 Å². The van der Waals surface area contributed by atoms with Gasteiger partial charge < -0.3 is 5.32 Å². The van der Waals surface area contributed by atoms with Gasteiger partial charge in [0.05, 0.1) is 4.88 Å². The summed E-state index contributed by atoms with van der Waals surface area (Å²) >= 11 is 6.68. The smallest absolute Gasteiger partial charge is 0.261 e. The summed E-state index contributed by atoms with van der Waals surface area (Å²) in [6.07, 6.45) is 4.70. The number of carbonyl (C=O) groups is 1. The van der Waals surface area contributed by atoms with Gasteiger partial charge in [0.15, 0.2) is 0 Å². The Morgan fingerprint density at radius 3 is 2.83 bits per heavy atom. The van der Waals surface area contributed by atoms with Gasteiger partial charge in [-0.3, -0.25) is 4.79 Å². The molecule has 2 aromatic heterocycles. The maximum Gasteiger partial charge on any atom is 0.261 e. The van der Waals surface area contributed by atoms with Crippen molar-refractivity contribution in [2.75, 3.05) is 11.9 Å². The van der Waals surface area contributed by atoms with Crippen molar-refractivity contribution in [2.24, 2.45) is 0 Å². The van der Waals surface area contributed by atoms with E-state index in [9.17, 15) is 4.79 Å². The number of carbonyl (C=O) groups excluding carboxylic acids is 1. The molecule has 2 aromatic rings. The topological polar surface area (TPSA) is 29.1 Å². The minimum Gasteiger partial charge on any atom is -0.351 e. The SMILES string of the molecule is O=C(NCCCCCCBr)c1cc2sccc2s1. The van der Waals surface area contributed by atoms with E-state index < -0.39 is 0 Å².